The third-order valence-corrected chi connectivity index (χ3v) is 5.13. The second kappa shape index (κ2) is 8.24. The van der Waals surface area contributed by atoms with Crippen molar-refractivity contribution in [3.63, 3.8) is 0 Å². The summed E-state index contributed by atoms with van der Waals surface area (Å²) in [4.78, 5) is 25.7. The average Bonchev–Trinajstić information content (AvgIpc) is 3.07. The molecule has 0 radical (unpaired) electrons. The minimum Gasteiger partial charge on any atom is -0.494 e. The number of rotatable bonds is 6. The van der Waals surface area contributed by atoms with Crippen molar-refractivity contribution in [2.45, 2.75) is 32.6 Å². The Hall–Kier alpha value is -2.83. The third-order valence-electron chi connectivity index (χ3n) is 5.13. The highest BCUT2D eigenvalue weighted by molar-refractivity contribution is 5.95. The Balaban J connectivity index is 1.78. The number of para-hydroxylation sites is 2. The van der Waals surface area contributed by atoms with Gasteiger partial charge in [0.25, 0.3) is 5.91 Å². The number of hydrogen-bond acceptors (Lipinski definition) is 4. The van der Waals surface area contributed by atoms with E-state index in [-0.39, 0.29) is 18.2 Å². The number of benzene rings is 1. The molecule has 2 heterocycles. The van der Waals surface area contributed by atoms with Crippen LogP contribution in [0.4, 0.5) is 0 Å². The van der Waals surface area contributed by atoms with E-state index >= 15 is 0 Å². The van der Waals surface area contributed by atoms with Crippen molar-refractivity contribution in [3.05, 3.63) is 41.7 Å². The lowest BCUT2D eigenvalue weighted by Crippen LogP contribution is -2.40. The minimum atomic E-state index is -0.785. The minimum absolute atomic E-state index is 0.0475. The van der Waals surface area contributed by atoms with Crippen LogP contribution in [0.15, 0.2) is 30.5 Å². The number of carboxylic acid groups (broad SMARTS) is 1. The van der Waals surface area contributed by atoms with Crippen LogP contribution in [0.5, 0.6) is 5.75 Å². The lowest BCUT2D eigenvalue weighted by atomic mass is 9.93. The molecule has 1 aromatic heterocycles. The Kier molecular flexibility index (Phi) is 5.78. The van der Waals surface area contributed by atoms with Gasteiger partial charge < -0.3 is 14.7 Å². The van der Waals surface area contributed by atoms with Gasteiger partial charge in [-0.15, -0.1) is 0 Å². The predicted molar refractivity (Wildman–Crippen MR) is 100 cm³/mol. The van der Waals surface area contributed by atoms with Crippen LogP contribution in [0.25, 0.3) is 5.69 Å². The fraction of sp³-hybridized carbons (Fsp3) is 0.450. The van der Waals surface area contributed by atoms with Crippen molar-refractivity contribution in [2.75, 3.05) is 20.2 Å². The van der Waals surface area contributed by atoms with Crippen molar-refractivity contribution in [2.24, 2.45) is 5.92 Å². The maximum absolute atomic E-state index is 13.0. The van der Waals surface area contributed by atoms with Gasteiger partial charge in [0, 0.05) is 19.5 Å². The molecule has 1 N–H and O–H groups in total. The largest absolute Gasteiger partial charge is 0.494 e. The van der Waals surface area contributed by atoms with E-state index in [4.69, 9.17) is 9.84 Å². The van der Waals surface area contributed by atoms with E-state index in [1.807, 2.05) is 36.1 Å². The number of carbonyl (C=O) groups is 2. The average molecular weight is 371 g/mol. The van der Waals surface area contributed by atoms with Gasteiger partial charge in [-0.3, -0.25) is 9.59 Å². The zero-order valence-electron chi connectivity index (χ0n) is 15.7. The number of aromatic nitrogens is 2. The normalized spacial score (nSPS) is 17.0. The van der Waals surface area contributed by atoms with Gasteiger partial charge in [-0.05, 0) is 44.2 Å². The Morgan fingerprint density at radius 2 is 2.11 bits per heavy atom. The first-order chi connectivity index (χ1) is 13.0. The Morgan fingerprint density at radius 1 is 1.33 bits per heavy atom. The van der Waals surface area contributed by atoms with Crippen LogP contribution in [-0.2, 0) is 4.79 Å². The van der Waals surface area contributed by atoms with Crippen LogP contribution in [0.1, 0.15) is 41.7 Å². The van der Waals surface area contributed by atoms with E-state index in [2.05, 4.69) is 5.10 Å². The van der Waals surface area contributed by atoms with E-state index in [9.17, 15) is 9.59 Å². The summed E-state index contributed by atoms with van der Waals surface area (Å²) in [5.74, 6) is 0.0961. The van der Waals surface area contributed by atoms with Crippen molar-refractivity contribution < 1.29 is 19.4 Å². The monoisotopic (exact) mass is 371 g/mol. The lowest BCUT2D eigenvalue weighted by molar-refractivity contribution is -0.137. The number of amides is 1. The van der Waals surface area contributed by atoms with Crippen LogP contribution < -0.4 is 4.74 Å². The molecule has 0 aliphatic carbocycles. The van der Waals surface area contributed by atoms with Gasteiger partial charge >= 0.3 is 5.97 Å². The van der Waals surface area contributed by atoms with E-state index < -0.39 is 5.97 Å². The molecule has 27 heavy (non-hydrogen) atoms. The van der Waals surface area contributed by atoms with Gasteiger partial charge in [0.15, 0.2) is 0 Å². The Bertz CT molecular complexity index is 830. The van der Waals surface area contributed by atoms with Gasteiger partial charge in [-0.2, -0.15) is 5.10 Å². The molecule has 0 saturated carbocycles. The van der Waals surface area contributed by atoms with Crippen LogP contribution >= 0.6 is 0 Å². The number of nitrogens with zero attached hydrogens (tertiary/aromatic N) is 3. The summed E-state index contributed by atoms with van der Waals surface area (Å²) in [6.07, 6.45) is 4.23. The molecule has 1 fully saturated rings. The molecule has 1 aliphatic rings. The number of likely N-dealkylation sites (tertiary alicyclic amines) is 1. The zero-order valence-corrected chi connectivity index (χ0v) is 15.7. The molecular weight excluding hydrogens is 346 g/mol. The third kappa shape index (κ3) is 4.13. The standard InChI is InChI=1S/C20H25N3O4/c1-14-16(12-21-23(14)17-7-3-4-8-18(17)27-2)20(26)22-11-5-6-15(13-22)9-10-19(24)25/h3-4,7-8,12,15H,5-6,9-11,13H2,1-2H3,(H,24,25). The van der Waals surface area contributed by atoms with Gasteiger partial charge in [-0.1, -0.05) is 12.1 Å². The van der Waals surface area contributed by atoms with Gasteiger partial charge in [0.1, 0.15) is 11.4 Å². The number of hydrogen-bond donors (Lipinski definition) is 1. The van der Waals surface area contributed by atoms with Crippen LogP contribution in [-0.4, -0.2) is 51.9 Å². The van der Waals surface area contributed by atoms with Crippen molar-refractivity contribution in [3.8, 4) is 11.4 Å². The fourth-order valence-corrected chi connectivity index (χ4v) is 3.65. The summed E-state index contributed by atoms with van der Waals surface area (Å²) in [5, 5.41) is 13.3. The van der Waals surface area contributed by atoms with Crippen molar-refractivity contribution in [1.82, 2.24) is 14.7 Å². The van der Waals surface area contributed by atoms with Crippen LogP contribution in [0.3, 0.4) is 0 Å². The number of methoxy groups -OCH3 is 1. The lowest BCUT2D eigenvalue weighted by Gasteiger charge is -2.32. The highest BCUT2D eigenvalue weighted by atomic mass is 16.5. The molecule has 3 rings (SSSR count). The summed E-state index contributed by atoms with van der Waals surface area (Å²) in [7, 11) is 1.61. The molecule has 7 nitrogen and oxygen atoms in total. The second-order valence-corrected chi connectivity index (χ2v) is 6.92. The van der Waals surface area contributed by atoms with Crippen molar-refractivity contribution in [1.29, 1.82) is 0 Å². The van der Waals surface area contributed by atoms with Gasteiger partial charge in [0.2, 0.25) is 0 Å². The number of aliphatic carboxylic acids is 1. The molecule has 0 spiro atoms. The molecular formula is C20H25N3O4. The van der Waals surface area contributed by atoms with Crippen LogP contribution in [0.2, 0.25) is 0 Å². The van der Waals surface area contributed by atoms with Gasteiger partial charge in [-0.25, -0.2) is 4.68 Å². The smallest absolute Gasteiger partial charge is 0.303 e. The molecule has 144 valence electrons. The zero-order chi connectivity index (χ0) is 19.4. The van der Waals surface area contributed by atoms with E-state index in [1.54, 1.807) is 18.0 Å². The molecule has 1 aromatic carbocycles. The first-order valence-corrected chi connectivity index (χ1v) is 9.20. The molecule has 2 aromatic rings. The molecule has 1 amide bonds. The molecule has 1 saturated heterocycles. The van der Waals surface area contributed by atoms with E-state index in [0.717, 1.165) is 24.2 Å². The highest BCUT2D eigenvalue weighted by Gasteiger charge is 2.27. The highest BCUT2D eigenvalue weighted by Crippen LogP contribution is 2.26. The summed E-state index contributed by atoms with van der Waals surface area (Å²) in [6, 6.07) is 7.54. The first-order valence-electron chi connectivity index (χ1n) is 9.20. The topological polar surface area (TPSA) is 84.7 Å². The molecule has 0 bridgehead atoms. The SMILES string of the molecule is COc1ccccc1-n1ncc(C(=O)N2CCCC(CCC(=O)O)C2)c1C. The second-order valence-electron chi connectivity index (χ2n) is 6.92. The fourth-order valence-electron chi connectivity index (χ4n) is 3.65. The number of carbonyl (C=O) groups excluding carboxylic acids is 1. The number of ether oxygens (including phenoxy) is 1. The summed E-state index contributed by atoms with van der Waals surface area (Å²) in [6.45, 7) is 3.17. The molecule has 1 unspecified atom stereocenters. The summed E-state index contributed by atoms with van der Waals surface area (Å²) < 4.78 is 7.12. The molecule has 7 heteroatoms. The number of piperidine rings is 1. The maximum Gasteiger partial charge on any atom is 0.303 e. The van der Waals surface area contributed by atoms with E-state index in [1.165, 1.54) is 0 Å². The summed E-state index contributed by atoms with van der Waals surface area (Å²) >= 11 is 0. The number of carboxylic acids is 1. The first kappa shape index (κ1) is 18.9. The Morgan fingerprint density at radius 3 is 2.85 bits per heavy atom. The van der Waals surface area contributed by atoms with Crippen molar-refractivity contribution >= 4 is 11.9 Å². The summed E-state index contributed by atoms with van der Waals surface area (Å²) in [5.41, 5.74) is 2.12. The molecule has 1 atom stereocenters. The molecule has 1 aliphatic heterocycles. The quantitative estimate of drug-likeness (QED) is 0.844. The van der Waals surface area contributed by atoms with Crippen LogP contribution in [0, 0.1) is 12.8 Å². The predicted octanol–water partition coefficient (Wildman–Crippen LogP) is 2.91. The van der Waals surface area contributed by atoms with Gasteiger partial charge in [0.05, 0.1) is 24.6 Å². The maximum atomic E-state index is 13.0. The van der Waals surface area contributed by atoms with E-state index in [0.29, 0.717) is 30.8 Å². The Labute approximate surface area is 158 Å².